The van der Waals surface area contributed by atoms with Crippen LogP contribution in [0, 0.1) is 19.8 Å². The Balaban J connectivity index is 1.75. The summed E-state index contributed by atoms with van der Waals surface area (Å²) >= 11 is 0. The largest absolute Gasteiger partial charge is 0.481 e. The van der Waals surface area contributed by atoms with Crippen LogP contribution < -0.4 is 5.32 Å². The summed E-state index contributed by atoms with van der Waals surface area (Å²) in [6.45, 7) is 3.86. The average Bonchev–Trinajstić information content (AvgIpc) is 3.15. The number of amides is 1. The number of aliphatic carboxylic acids is 1. The predicted molar refractivity (Wildman–Crippen MR) is 89.3 cm³/mol. The molecular formula is C18H21N3O3. The van der Waals surface area contributed by atoms with Gasteiger partial charge >= 0.3 is 5.97 Å². The third kappa shape index (κ3) is 3.04. The summed E-state index contributed by atoms with van der Waals surface area (Å²) in [6, 6.07) is 7.78. The topological polar surface area (TPSA) is 84.2 Å². The van der Waals surface area contributed by atoms with Gasteiger partial charge in [-0.15, -0.1) is 0 Å². The SMILES string of the molecule is Cc1ccccc1-n1ncc(C(=O)N[C@@H]2CC[C@H](C(=O)O)C2)c1C. The number of carboxylic acid groups (broad SMARTS) is 1. The molecule has 2 aromatic rings. The maximum Gasteiger partial charge on any atom is 0.306 e. The minimum Gasteiger partial charge on any atom is -0.481 e. The molecule has 24 heavy (non-hydrogen) atoms. The van der Waals surface area contributed by atoms with Crippen LogP contribution in [0.4, 0.5) is 0 Å². The van der Waals surface area contributed by atoms with Crippen molar-refractivity contribution in [2.24, 2.45) is 5.92 Å². The maximum absolute atomic E-state index is 12.5. The number of nitrogens with zero attached hydrogens (tertiary/aromatic N) is 2. The molecule has 0 bridgehead atoms. The van der Waals surface area contributed by atoms with Gasteiger partial charge in [0.2, 0.25) is 0 Å². The molecule has 1 aromatic heterocycles. The summed E-state index contributed by atoms with van der Waals surface area (Å²) < 4.78 is 1.76. The number of rotatable bonds is 4. The molecule has 6 heteroatoms. The molecule has 0 radical (unpaired) electrons. The fourth-order valence-electron chi connectivity index (χ4n) is 3.28. The van der Waals surface area contributed by atoms with Crippen LogP contribution in [0.1, 0.15) is 40.9 Å². The third-order valence-electron chi connectivity index (χ3n) is 4.72. The molecule has 0 unspecified atom stereocenters. The zero-order valence-corrected chi connectivity index (χ0v) is 13.8. The average molecular weight is 327 g/mol. The zero-order chi connectivity index (χ0) is 17.3. The number of hydrogen-bond acceptors (Lipinski definition) is 3. The number of carboxylic acids is 1. The summed E-state index contributed by atoms with van der Waals surface area (Å²) in [6.07, 6.45) is 3.38. The molecule has 0 saturated heterocycles. The number of carbonyl (C=O) groups excluding carboxylic acids is 1. The van der Waals surface area contributed by atoms with Crippen LogP contribution in [0.25, 0.3) is 5.69 Å². The number of benzene rings is 1. The fourth-order valence-corrected chi connectivity index (χ4v) is 3.28. The summed E-state index contributed by atoms with van der Waals surface area (Å²) in [4.78, 5) is 23.5. The highest BCUT2D eigenvalue weighted by Crippen LogP contribution is 2.26. The number of nitrogens with one attached hydrogen (secondary N) is 1. The maximum atomic E-state index is 12.5. The monoisotopic (exact) mass is 327 g/mol. The van der Waals surface area contributed by atoms with Gasteiger partial charge in [0, 0.05) is 6.04 Å². The third-order valence-corrected chi connectivity index (χ3v) is 4.72. The Kier molecular flexibility index (Phi) is 4.38. The van der Waals surface area contributed by atoms with E-state index < -0.39 is 5.97 Å². The molecule has 3 rings (SSSR count). The first-order valence-electron chi connectivity index (χ1n) is 8.11. The van der Waals surface area contributed by atoms with Crippen molar-refractivity contribution in [2.45, 2.75) is 39.2 Å². The van der Waals surface area contributed by atoms with Crippen LogP contribution in [0.2, 0.25) is 0 Å². The summed E-state index contributed by atoms with van der Waals surface area (Å²) in [5, 5.41) is 16.3. The second-order valence-corrected chi connectivity index (χ2v) is 6.36. The van der Waals surface area contributed by atoms with E-state index in [4.69, 9.17) is 5.11 Å². The van der Waals surface area contributed by atoms with E-state index in [1.54, 1.807) is 10.9 Å². The number of aromatic nitrogens is 2. The van der Waals surface area contributed by atoms with E-state index in [0.717, 1.165) is 16.9 Å². The number of aryl methyl sites for hydroxylation is 1. The van der Waals surface area contributed by atoms with Crippen LogP contribution >= 0.6 is 0 Å². The van der Waals surface area contributed by atoms with Gasteiger partial charge in [-0.2, -0.15) is 5.10 Å². The first-order chi connectivity index (χ1) is 11.5. The molecule has 6 nitrogen and oxygen atoms in total. The minimum atomic E-state index is -0.782. The fraction of sp³-hybridized carbons (Fsp3) is 0.389. The summed E-state index contributed by atoms with van der Waals surface area (Å²) in [7, 11) is 0. The Morgan fingerprint density at radius 2 is 2.00 bits per heavy atom. The van der Waals surface area contributed by atoms with Gasteiger partial charge in [-0.05, 0) is 44.7 Å². The van der Waals surface area contributed by atoms with Crippen molar-refractivity contribution in [1.29, 1.82) is 0 Å². The van der Waals surface area contributed by atoms with Gasteiger partial charge in [-0.25, -0.2) is 4.68 Å². The lowest BCUT2D eigenvalue weighted by Gasteiger charge is -2.12. The lowest BCUT2D eigenvalue weighted by Crippen LogP contribution is -2.33. The Bertz CT molecular complexity index is 782. The van der Waals surface area contributed by atoms with Crippen molar-refractivity contribution in [1.82, 2.24) is 15.1 Å². The molecule has 0 aliphatic heterocycles. The molecule has 2 N–H and O–H groups in total. The van der Waals surface area contributed by atoms with Gasteiger partial charge in [0.05, 0.1) is 29.1 Å². The van der Waals surface area contributed by atoms with Crippen LogP contribution in [0.5, 0.6) is 0 Å². The van der Waals surface area contributed by atoms with Crippen molar-refractivity contribution in [2.75, 3.05) is 0 Å². The van der Waals surface area contributed by atoms with Gasteiger partial charge < -0.3 is 10.4 Å². The smallest absolute Gasteiger partial charge is 0.306 e. The molecule has 1 heterocycles. The van der Waals surface area contributed by atoms with Crippen molar-refractivity contribution in [3.8, 4) is 5.69 Å². The standard InChI is InChI=1S/C18H21N3O3/c1-11-5-3-4-6-16(11)21-12(2)15(10-19-21)17(22)20-14-8-7-13(9-14)18(23)24/h3-6,10,13-14H,7-9H2,1-2H3,(H,20,22)(H,23,24)/t13-,14+/m0/s1. The van der Waals surface area contributed by atoms with Gasteiger partial charge in [0.25, 0.3) is 5.91 Å². The molecule has 1 saturated carbocycles. The highest BCUT2D eigenvalue weighted by molar-refractivity contribution is 5.95. The zero-order valence-electron chi connectivity index (χ0n) is 13.8. The molecule has 0 spiro atoms. The molecule has 2 atom stereocenters. The Morgan fingerprint density at radius 1 is 1.25 bits per heavy atom. The van der Waals surface area contributed by atoms with Crippen molar-refractivity contribution in [3.63, 3.8) is 0 Å². The number of hydrogen-bond donors (Lipinski definition) is 2. The highest BCUT2D eigenvalue weighted by Gasteiger charge is 2.31. The van der Waals surface area contributed by atoms with E-state index in [-0.39, 0.29) is 17.9 Å². The molecule has 1 aliphatic carbocycles. The van der Waals surface area contributed by atoms with Crippen LogP contribution in [-0.4, -0.2) is 32.8 Å². The van der Waals surface area contributed by atoms with Crippen molar-refractivity contribution in [3.05, 3.63) is 47.3 Å². The van der Waals surface area contributed by atoms with E-state index in [1.807, 2.05) is 38.1 Å². The van der Waals surface area contributed by atoms with E-state index in [0.29, 0.717) is 24.8 Å². The van der Waals surface area contributed by atoms with E-state index in [2.05, 4.69) is 10.4 Å². The Hall–Kier alpha value is -2.63. The molecular weight excluding hydrogens is 306 g/mol. The predicted octanol–water partition coefficient (Wildman–Crippen LogP) is 2.47. The van der Waals surface area contributed by atoms with Crippen LogP contribution in [-0.2, 0) is 4.79 Å². The lowest BCUT2D eigenvalue weighted by molar-refractivity contribution is -0.141. The van der Waals surface area contributed by atoms with Crippen LogP contribution in [0.15, 0.2) is 30.5 Å². The number of para-hydroxylation sites is 1. The van der Waals surface area contributed by atoms with Gasteiger partial charge in [-0.3, -0.25) is 9.59 Å². The van der Waals surface area contributed by atoms with E-state index >= 15 is 0 Å². The normalized spacial score (nSPS) is 20.1. The molecule has 1 amide bonds. The first-order valence-corrected chi connectivity index (χ1v) is 8.11. The summed E-state index contributed by atoms with van der Waals surface area (Å²) in [5.74, 6) is -1.33. The van der Waals surface area contributed by atoms with Gasteiger partial charge in [0.15, 0.2) is 0 Å². The van der Waals surface area contributed by atoms with Gasteiger partial charge in [-0.1, -0.05) is 18.2 Å². The van der Waals surface area contributed by atoms with E-state index in [9.17, 15) is 9.59 Å². The van der Waals surface area contributed by atoms with Gasteiger partial charge in [0.1, 0.15) is 0 Å². The van der Waals surface area contributed by atoms with Crippen molar-refractivity contribution < 1.29 is 14.7 Å². The number of carbonyl (C=O) groups is 2. The summed E-state index contributed by atoms with van der Waals surface area (Å²) in [5.41, 5.74) is 3.32. The lowest BCUT2D eigenvalue weighted by atomic mass is 10.1. The molecule has 1 aromatic carbocycles. The van der Waals surface area contributed by atoms with Crippen molar-refractivity contribution >= 4 is 11.9 Å². The van der Waals surface area contributed by atoms with E-state index in [1.165, 1.54) is 0 Å². The first kappa shape index (κ1) is 16.2. The quantitative estimate of drug-likeness (QED) is 0.903. The second-order valence-electron chi connectivity index (χ2n) is 6.36. The minimum absolute atomic E-state index is 0.0835. The molecule has 126 valence electrons. The second kappa shape index (κ2) is 6.47. The molecule has 1 fully saturated rings. The van der Waals surface area contributed by atoms with Crippen LogP contribution in [0.3, 0.4) is 0 Å². The molecule has 1 aliphatic rings. The Morgan fingerprint density at radius 3 is 2.67 bits per heavy atom. The Labute approximate surface area is 140 Å². The highest BCUT2D eigenvalue weighted by atomic mass is 16.4.